The summed E-state index contributed by atoms with van der Waals surface area (Å²) in [5.74, 6) is -1.61. The van der Waals surface area contributed by atoms with E-state index in [-0.39, 0.29) is 17.8 Å². The average Bonchev–Trinajstić information content (AvgIpc) is 2.86. The molecule has 0 saturated carbocycles. The Morgan fingerprint density at radius 3 is 2.90 bits per heavy atom. The minimum atomic E-state index is -0.712. The van der Waals surface area contributed by atoms with E-state index in [0.29, 0.717) is 10.9 Å². The van der Waals surface area contributed by atoms with E-state index in [0.717, 1.165) is 17.6 Å². The molecule has 0 amide bonds. The lowest BCUT2D eigenvalue weighted by Crippen LogP contribution is -2.05. The predicted octanol–water partition coefficient (Wildman–Crippen LogP) is 3.27. The van der Waals surface area contributed by atoms with E-state index in [4.69, 9.17) is 0 Å². The molecule has 2 aromatic heterocycles. The fraction of sp³-hybridized carbons (Fsp3) is 0.0667. The molecule has 3 nitrogen and oxygen atoms in total. The number of benzene rings is 1. The van der Waals surface area contributed by atoms with Crippen LogP contribution in [0.1, 0.15) is 15.9 Å². The molecule has 0 aliphatic heterocycles. The van der Waals surface area contributed by atoms with Crippen molar-refractivity contribution in [1.29, 1.82) is 0 Å². The van der Waals surface area contributed by atoms with Crippen LogP contribution in [0.4, 0.5) is 8.78 Å². The average molecular weight is 272 g/mol. The van der Waals surface area contributed by atoms with Crippen LogP contribution in [0.2, 0.25) is 0 Å². The van der Waals surface area contributed by atoms with Gasteiger partial charge in [-0.3, -0.25) is 9.78 Å². The monoisotopic (exact) mass is 272 g/mol. The summed E-state index contributed by atoms with van der Waals surface area (Å²) in [6.45, 7) is 0. The molecule has 0 saturated heterocycles. The zero-order valence-electron chi connectivity index (χ0n) is 10.4. The fourth-order valence-corrected chi connectivity index (χ4v) is 2.13. The molecule has 2 heterocycles. The summed E-state index contributed by atoms with van der Waals surface area (Å²) in [7, 11) is 0. The topological polar surface area (TPSA) is 45.8 Å². The van der Waals surface area contributed by atoms with E-state index in [1.807, 2.05) is 0 Å². The Morgan fingerprint density at radius 1 is 1.25 bits per heavy atom. The molecule has 0 unspecified atom stereocenters. The van der Waals surface area contributed by atoms with Gasteiger partial charge in [-0.05, 0) is 17.7 Å². The number of aromatic nitrogens is 2. The molecule has 0 atom stereocenters. The second-order valence-corrected chi connectivity index (χ2v) is 4.46. The van der Waals surface area contributed by atoms with Gasteiger partial charge in [-0.1, -0.05) is 6.07 Å². The van der Waals surface area contributed by atoms with Gasteiger partial charge in [0.1, 0.15) is 11.6 Å². The van der Waals surface area contributed by atoms with Crippen molar-refractivity contribution in [3.8, 4) is 0 Å². The highest BCUT2D eigenvalue weighted by atomic mass is 19.1. The number of pyridine rings is 1. The summed E-state index contributed by atoms with van der Waals surface area (Å²) in [5.41, 5.74) is 1.43. The quantitative estimate of drug-likeness (QED) is 0.744. The van der Waals surface area contributed by atoms with Crippen molar-refractivity contribution in [2.24, 2.45) is 0 Å². The summed E-state index contributed by atoms with van der Waals surface area (Å²) in [6.07, 6.45) is 4.66. The Hall–Kier alpha value is -2.56. The largest absolute Gasteiger partial charge is 0.360 e. The molecule has 0 radical (unpaired) electrons. The Labute approximate surface area is 113 Å². The van der Waals surface area contributed by atoms with Crippen molar-refractivity contribution in [2.45, 2.75) is 6.42 Å². The van der Waals surface area contributed by atoms with Gasteiger partial charge in [-0.25, -0.2) is 8.78 Å². The first-order valence-electron chi connectivity index (χ1n) is 6.03. The highest BCUT2D eigenvalue weighted by molar-refractivity contribution is 6.08. The highest BCUT2D eigenvalue weighted by Gasteiger charge is 2.15. The number of ketones is 1. The van der Waals surface area contributed by atoms with Gasteiger partial charge in [-0.2, -0.15) is 0 Å². The number of rotatable bonds is 3. The van der Waals surface area contributed by atoms with Crippen molar-refractivity contribution in [3.63, 3.8) is 0 Å². The summed E-state index contributed by atoms with van der Waals surface area (Å²) < 4.78 is 26.4. The third-order valence-electron chi connectivity index (χ3n) is 3.15. The molecule has 0 spiro atoms. The minimum Gasteiger partial charge on any atom is -0.360 e. The molecule has 1 aromatic carbocycles. The number of halogens is 2. The van der Waals surface area contributed by atoms with Gasteiger partial charge in [0.25, 0.3) is 0 Å². The maximum atomic E-state index is 13.6. The number of H-pyrrole nitrogens is 1. The van der Waals surface area contributed by atoms with E-state index in [1.54, 1.807) is 24.7 Å². The van der Waals surface area contributed by atoms with Crippen LogP contribution in [-0.2, 0) is 6.42 Å². The Balaban J connectivity index is 1.93. The zero-order valence-corrected chi connectivity index (χ0v) is 10.4. The number of aromatic amines is 1. The Kier molecular flexibility index (Phi) is 3.02. The third-order valence-corrected chi connectivity index (χ3v) is 3.15. The summed E-state index contributed by atoms with van der Waals surface area (Å²) in [6, 6.07) is 4.96. The first-order valence-corrected chi connectivity index (χ1v) is 6.03. The SMILES string of the molecule is O=C(Cc1ccc(F)cc1F)c1c[nH]c2ccncc12. The van der Waals surface area contributed by atoms with Crippen LogP contribution >= 0.6 is 0 Å². The smallest absolute Gasteiger partial charge is 0.169 e. The molecule has 0 aliphatic rings. The molecular weight excluding hydrogens is 262 g/mol. The number of carbonyl (C=O) groups is 1. The number of nitrogens with one attached hydrogen (secondary N) is 1. The van der Waals surface area contributed by atoms with Gasteiger partial charge in [0.15, 0.2) is 5.78 Å². The zero-order chi connectivity index (χ0) is 14.1. The molecule has 0 fully saturated rings. The van der Waals surface area contributed by atoms with Crippen LogP contribution in [-0.4, -0.2) is 15.8 Å². The molecule has 100 valence electrons. The number of hydrogen-bond donors (Lipinski definition) is 1. The summed E-state index contributed by atoms with van der Waals surface area (Å²) >= 11 is 0. The van der Waals surface area contributed by atoms with Crippen molar-refractivity contribution >= 4 is 16.7 Å². The van der Waals surface area contributed by atoms with Gasteiger partial charge in [0.2, 0.25) is 0 Å². The minimum absolute atomic E-state index is 0.117. The summed E-state index contributed by atoms with van der Waals surface area (Å²) in [5, 5.41) is 0.694. The van der Waals surface area contributed by atoms with Gasteiger partial charge in [0.05, 0.1) is 0 Å². The van der Waals surface area contributed by atoms with E-state index < -0.39 is 11.6 Å². The van der Waals surface area contributed by atoms with Crippen molar-refractivity contribution in [3.05, 3.63) is 65.6 Å². The van der Waals surface area contributed by atoms with Crippen LogP contribution in [0.3, 0.4) is 0 Å². The molecule has 0 aliphatic carbocycles. The second-order valence-electron chi connectivity index (χ2n) is 4.46. The number of fused-ring (bicyclic) bond motifs is 1. The van der Waals surface area contributed by atoms with E-state index in [9.17, 15) is 13.6 Å². The maximum Gasteiger partial charge on any atom is 0.169 e. The number of nitrogens with zero attached hydrogens (tertiary/aromatic N) is 1. The van der Waals surface area contributed by atoms with E-state index in [2.05, 4.69) is 9.97 Å². The van der Waals surface area contributed by atoms with Gasteiger partial charge >= 0.3 is 0 Å². The highest BCUT2D eigenvalue weighted by Crippen LogP contribution is 2.19. The molecule has 1 N–H and O–H groups in total. The van der Waals surface area contributed by atoms with Crippen LogP contribution in [0.25, 0.3) is 10.9 Å². The molecule has 5 heteroatoms. The van der Waals surface area contributed by atoms with Crippen molar-refractivity contribution < 1.29 is 13.6 Å². The standard InChI is InChI=1S/C15H10F2N2O/c16-10-2-1-9(13(17)6-10)5-15(20)12-8-19-14-3-4-18-7-11(12)14/h1-4,6-8,19H,5H2. The fourth-order valence-electron chi connectivity index (χ4n) is 2.13. The first kappa shape index (κ1) is 12.5. The lowest BCUT2D eigenvalue weighted by molar-refractivity contribution is 0.0993. The number of hydrogen-bond acceptors (Lipinski definition) is 2. The molecule has 20 heavy (non-hydrogen) atoms. The normalized spacial score (nSPS) is 10.9. The van der Waals surface area contributed by atoms with Crippen LogP contribution in [0.5, 0.6) is 0 Å². The maximum absolute atomic E-state index is 13.6. The lowest BCUT2D eigenvalue weighted by Gasteiger charge is -2.02. The van der Waals surface area contributed by atoms with Crippen LogP contribution < -0.4 is 0 Å². The van der Waals surface area contributed by atoms with Crippen LogP contribution in [0, 0.1) is 11.6 Å². The third kappa shape index (κ3) is 2.18. The second kappa shape index (κ2) is 4.85. The molecule has 3 rings (SSSR count). The molecule has 3 aromatic rings. The van der Waals surface area contributed by atoms with E-state index >= 15 is 0 Å². The van der Waals surface area contributed by atoms with Crippen molar-refractivity contribution in [1.82, 2.24) is 9.97 Å². The van der Waals surface area contributed by atoms with E-state index in [1.165, 1.54) is 6.07 Å². The lowest BCUT2D eigenvalue weighted by atomic mass is 10.0. The van der Waals surface area contributed by atoms with Gasteiger partial charge in [-0.15, -0.1) is 0 Å². The first-order chi connectivity index (χ1) is 9.65. The Bertz CT molecular complexity index is 795. The predicted molar refractivity (Wildman–Crippen MR) is 70.5 cm³/mol. The van der Waals surface area contributed by atoms with Crippen LogP contribution in [0.15, 0.2) is 42.9 Å². The number of Topliss-reactive ketones (excluding diaryl/α,β-unsaturated/α-hetero) is 1. The van der Waals surface area contributed by atoms with Gasteiger partial charge < -0.3 is 4.98 Å². The Morgan fingerprint density at radius 2 is 2.10 bits per heavy atom. The summed E-state index contributed by atoms with van der Waals surface area (Å²) in [4.78, 5) is 19.2. The van der Waals surface area contributed by atoms with Crippen molar-refractivity contribution in [2.75, 3.05) is 0 Å². The van der Waals surface area contributed by atoms with Gasteiger partial charge in [0, 0.05) is 47.5 Å². The number of carbonyl (C=O) groups excluding carboxylic acids is 1. The molecular formula is C15H10F2N2O. The molecule has 0 bridgehead atoms.